The largest absolute Gasteiger partial charge is 0.398 e. The number of benzene rings is 1. The van der Waals surface area contributed by atoms with Crippen molar-refractivity contribution in [1.29, 1.82) is 0 Å². The van der Waals surface area contributed by atoms with E-state index in [2.05, 4.69) is 0 Å². The summed E-state index contributed by atoms with van der Waals surface area (Å²) in [5.41, 5.74) is 7.66. The molecule has 0 unspecified atom stereocenters. The predicted octanol–water partition coefficient (Wildman–Crippen LogP) is 0.491. The van der Waals surface area contributed by atoms with Crippen LogP contribution in [0.3, 0.4) is 0 Å². The van der Waals surface area contributed by atoms with Gasteiger partial charge in [-0.15, -0.1) is 0 Å². The van der Waals surface area contributed by atoms with Gasteiger partial charge in [-0.1, -0.05) is 12.1 Å². The number of anilines is 1. The third-order valence-electron chi connectivity index (χ3n) is 3.26. The number of nitrogens with zero attached hydrogens (tertiary/aromatic N) is 2. The quantitative estimate of drug-likeness (QED) is 0.734. The maximum absolute atomic E-state index is 12.4. The van der Waals surface area contributed by atoms with E-state index >= 15 is 0 Å². The Balaban J connectivity index is 2.24. The van der Waals surface area contributed by atoms with Gasteiger partial charge in [0.25, 0.3) is 5.91 Å². The van der Waals surface area contributed by atoms with E-state index in [1.54, 1.807) is 22.9 Å². The molecule has 96 valence electrons. The van der Waals surface area contributed by atoms with E-state index in [0.717, 1.165) is 5.56 Å². The Morgan fingerprint density at radius 2 is 2.06 bits per heavy atom. The van der Waals surface area contributed by atoms with Crippen molar-refractivity contribution >= 4 is 17.5 Å². The zero-order chi connectivity index (χ0) is 13.3. The second-order valence-electron chi connectivity index (χ2n) is 4.58. The Bertz CT molecular complexity index is 479. The summed E-state index contributed by atoms with van der Waals surface area (Å²) in [6.45, 7) is 3.09. The summed E-state index contributed by atoms with van der Waals surface area (Å²) in [5, 5.41) is 0. The Labute approximate surface area is 106 Å². The van der Waals surface area contributed by atoms with Crippen molar-refractivity contribution < 1.29 is 9.59 Å². The summed E-state index contributed by atoms with van der Waals surface area (Å²) in [6.07, 6.45) is 0. The highest BCUT2D eigenvalue weighted by molar-refractivity contribution is 6.02. The number of nitrogens with two attached hydrogens (primary N) is 1. The molecule has 1 saturated heterocycles. The molecule has 0 spiro atoms. The lowest BCUT2D eigenvalue weighted by molar-refractivity contribution is -0.133. The van der Waals surface area contributed by atoms with Crippen LogP contribution in [0.1, 0.15) is 15.9 Å². The van der Waals surface area contributed by atoms with Gasteiger partial charge < -0.3 is 15.5 Å². The van der Waals surface area contributed by atoms with Crippen LogP contribution in [0.25, 0.3) is 0 Å². The molecule has 18 heavy (non-hydrogen) atoms. The predicted molar refractivity (Wildman–Crippen MR) is 69.1 cm³/mol. The third-order valence-corrected chi connectivity index (χ3v) is 3.26. The first-order chi connectivity index (χ1) is 8.50. The lowest BCUT2D eigenvalue weighted by Crippen LogP contribution is -2.50. The van der Waals surface area contributed by atoms with E-state index < -0.39 is 0 Å². The number of aryl methyl sites for hydroxylation is 1. The normalized spacial score (nSPS) is 16.0. The van der Waals surface area contributed by atoms with Gasteiger partial charge in [0.1, 0.15) is 6.54 Å². The highest BCUT2D eigenvalue weighted by atomic mass is 16.2. The molecule has 0 saturated carbocycles. The monoisotopic (exact) mass is 247 g/mol. The molecule has 5 nitrogen and oxygen atoms in total. The average molecular weight is 247 g/mol. The van der Waals surface area contributed by atoms with E-state index in [1.165, 1.54) is 0 Å². The van der Waals surface area contributed by atoms with Crippen molar-refractivity contribution in [3.8, 4) is 0 Å². The van der Waals surface area contributed by atoms with Crippen molar-refractivity contribution in [1.82, 2.24) is 9.80 Å². The molecule has 1 aliphatic heterocycles. The van der Waals surface area contributed by atoms with Crippen LogP contribution in [-0.2, 0) is 4.79 Å². The van der Waals surface area contributed by atoms with Gasteiger partial charge in [0.2, 0.25) is 5.91 Å². The highest BCUT2D eigenvalue weighted by Crippen LogP contribution is 2.19. The third kappa shape index (κ3) is 2.16. The van der Waals surface area contributed by atoms with Gasteiger partial charge in [0.05, 0.1) is 5.56 Å². The Kier molecular flexibility index (Phi) is 3.23. The van der Waals surface area contributed by atoms with Crippen molar-refractivity contribution in [3.05, 3.63) is 29.3 Å². The second kappa shape index (κ2) is 4.68. The van der Waals surface area contributed by atoms with Gasteiger partial charge in [-0.3, -0.25) is 9.59 Å². The van der Waals surface area contributed by atoms with Crippen LogP contribution in [0, 0.1) is 6.92 Å². The molecule has 0 atom stereocenters. The van der Waals surface area contributed by atoms with Gasteiger partial charge in [0.15, 0.2) is 0 Å². The minimum Gasteiger partial charge on any atom is -0.398 e. The Hall–Kier alpha value is -2.04. The van der Waals surface area contributed by atoms with Crippen LogP contribution < -0.4 is 5.73 Å². The van der Waals surface area contributed by atoms with Gasteiger partial charge in [-0.05, 0) is 18.6 Å². The molecule has 2 N–H and O–H groups in total. The summed E-state index contributed by atoms with van der Waals surface area (Å²) < 4.78 is 0. The summed E-state index contributed by atoms with van der Waals surface area (Å²) in [4.78, 5) is 27.2. The Morgan fingerprint density at radius 1 is 1.33 bits per heavy atom. The van der Waals surface area contributed by atoms with Crippen molar-refractivity contribution in [2.45, 2.75) is 6.92 Å². The number of amides is 2. The molecule has 0 aromatic heterocycles. The number of rotatable bonds is 1. The smallest absolute Gasteiger partial charge is 0.256 e. The number of likely N-dealkylation sites (N-methyl/N-ethyl adjacent to an activating group) is 1. The number of nitrogen functional groups attached to an aromatic ring is 1. The molecule has 2 rings (SSSR count). The van der Waals surface area contributed by atoms with E-state index in [9.17, 15) is 9.59 Å². The molecule has 1 aromatic carbocycles. The van der Waals surface area contributed by atoms with Gasteiger partial charge in [-0.2, -0.15) is 0 Å². The van der Waals surface area contributed by atoms with E-state index in [1.807, 2.05) is 19.1 Å². The van der Waals surface area contributed by atoms with E-state index in [-0.39, 0.29) is 18.4 Å². The van der Waals surface area contributed by atoms with Crippen molar-refractivity contribution in [2.24, 2.45) is 0 Å². The highest BCUT2D eigenvalue weighted by Gasteiger charge is 2.27. The number of hydrogen-bond acceptors (Lipinski definition) is 3. The van der Waals surface area contributed by atoms with Crippen LogP contribution in [0.2, 0.25) is 0 Å². The summed E-state index contributed by atoms with van der Waals surface area (Å²) in [6, 6.07) is 5.37. The molecule has 2 amide bonds. The van der Waals surface area contributed by atoms with E-state index in [0.29, 0.717) is 24.3 Å². The van der Waals surface area contributed by atoms with Crippen LogP contribution in [0.5, 0.6) is 0 Å². The molecule has 1 heterocycles. The van der Waals surface area contributed by atoms with Crippen LogP contribution in [0.4, 0.5) is 5.69 Å². The fraction of sp³-hybridized carbons (Fsp3) is 0.385. The summed E-state index contributed by atoms with van der Waals surface area (Å²) >= 11 is 0. The lowest BCUT2D eigenvalue weighted by atomic mass is 10.0. The fourth-order valence-corrected chi connectivity index (χ4v) is 2.07. The zero-order valence-electron chi connectivity index (χ0n) is 10.6. The second-order valence-corrected chi connectivity index (χ2v) is 4.58. The first-order valence-electron chi connectivity index (χ1n) is 5.89. The molecule has 0 radical (unpaired) electrons. The molecule has 1 fully saturated rings. The molecule has 5 heteroatoms. The van der Waals surface area contributed by atoms with Gasteiger partial charge in [0, 0.05) is 25.8 Å². The zero-order valence-corrected chi connectivity index (χ0v) is 10.6. The van der Waals surface area contributed by atoms with Crippen LogP contribution in [0.15, 0.2) is 18.2 Å². The first kappa shape index (κ1) is 12.4. The van der Waals surface area contributed by atoms with Gasteiger partial charge >= 0.3 is 0 Å². The minimum atomic E-state index is -0.160. The SMILES string of the molecule is Cc1cccc(N)c1C(=O)N1CCN(C)C(=O)C1. The standard InChI is InChI=1S/C13H17N3O2/c1-9-4-3-5-10(14)12(9)13(18)16-7-6-15(2)11(17)8-16/h3-5H,6-8,14H2,1-2H3. The minimum absolute atomic E-state index is 0.0400. The molecular formula is C13H17N3O2. The number of carbonyl (C=O) groups is 2. The van der Waals surface area contributed by atoms with Crippen LogP contribution in [-0.4, -0.2) is 48.3 Å². The van der Waals surface area contributed by atoms with Crippen molar-refractivity contribution in [3.63, 3.8) is 0 Å². The molecule has 1 aromatic rings. The molecule has 0 aliphatic carbocycles. The van der Waals surface area contributed by atoms with E-state index in [4.69, 9.17) is 5.73 Å². The molecule has 0 bridgehead atoms. The number of hydrogen-bond donors (Lipinski definition) is 1. The van der Waals surface area contributed by atoms with Crippen LogP contribution >= 0.6 is 0 Å². The summed E-state index contributed by atoms with van der Waals surface area (Å²) in [5.74, 6) is -0.200. The average Bonchev–Trinajstić information content (AvgIpc) is 2.32. The number of carbonyl (C=O) groups excluding carboxylic acids is 2. The molecule has 1 aliphatic rings. The maximum atomic E-state index is 12.4. The Morgan fingerprint density at radius 3 is 2.67 bits per heavy atom. The lowest BCUT2D eigenvalue weighted by Gasteiger charge is -2.32. The maximum Gasteiger partial charge on any atom is 0.256 e. The molecular weight excluding hydrogens is 230 g/mol. The van der Waals surface area contributed by atoms with Crippen molar-refractivity contribution in [2.75, 3.05) is 32.4 Å². The van der Waals surface area contributed by atoms with Gasteiger partial charge in [-0.25, -0.2) is 0 Å². The topological polar surface area (TPSA) is 66.6 Å². The number of piperazine rings is 1. The summed E-state index contributed by atoms with van der Waals surface area (Å²) in [7, 11) is 1.74. The fourth-order valence-electron chi connectivity index (χ4n) is 2.07. The first-order valence-corrected chi connectivity index (χ1v) is 5.89.